The van der Waals surface area contributed by atoms with E-state index >= 15 is 0 Å². The van der Waals surface area contributed by atoms with Gasteiger partial charge >= 0.3 is 0 Å². The summed E-state index contributed by atoms with van der Waals surface area (Å²) in [5, 5.41) is 0. The second-order valence-electron chi connectivity index (χ2n) is 8.48. The van der Waals surface area contributed by atoms with Crippen LogP contribution in [0.2, 0.25) is 0 Å². The van der Waals surface area contributed by atoms with E-state index in [1.54, 1.807) is 6.33 Å². The summed E-state index contributed by atoms with van der Waals surface area (Å²) in [5.74, 6) is 1.97. The number of imidazole rings is 1. The van der Waals surface area contributed by atoms with Crippen molar-refractivity contribution in [3.8, 4) is 0 Å². The third kappa shape index (κ3) is 3.07. The molecule has 0 radical (unpaired) electrons. The summed E-state index contributed by atoms with van der Waals surface area (Å²) in [5.41, 5.74) is 3.57. The number of anilines is 2. The van der Waals surface area contributed by atoms with Crippen LogP contribution in [-0.2, 0) is 6.54 Å². The van der Waals surface area contributed by atoms with E-state index in [0.29, 0.717) is 11.8 Å². The van der Waals surface area contributed by atoms with Gasteiger partial charge in [0, 0.05) is 69.9 Å². The van der Waals surface area contributed by atoms with E-state index in [1.165, 1.54) is 0 Å². The maximum Gasteiger partial charge on any atom is 0.253 e. The molecule has 1 amide bonds. The molecule has 2 aliphatic heterocycles. The average Bonchev–Trinajstić information content (AvgIpc) is 3.45. The number of carbonyl (C=O) groups is 1. The van der Waals surface area contributed by atoms with Crippen molar-refractivity contribution in [2.75, 3.05) is 50.1 Å². The first-order valence-corrected chi connectivity index (χ1v) is 10.5. The molecular formula is C22H27N7O. The molecule has 156 valence electrons. The van der Waals surface area contributed by atoms with Crippen molar-refractivity contribution in [1.29, 1.82) is 0 Å². The molecule has 0 spiro atoms. The van der Waals surface area contributed by atoms with Crippen LogP contribution in [0.4, 0.5) is 11.5 Å². The summed E-state index contributed by atoms with van der Waals surface area (Å²) in [6, 6.07) is 7.87. The van der Waals surface area contributed by atoms with Gasteiger partial charge in [-0.1, -0.05) is 6.07 Å². The Bertz CT molecular complexity index is 1080. The van der Waals surface area contributed by atoms with E-state index in [9.17, 15) is 4.79 Å². The van der Waals surface area contributed by atoms with Crippen LogP contribution in [0.15, 0.2) is 36.9 Å². The van der Waals surface area contributed by atoms with Crippen LogP contribution in [0, 0.1) is 11.8 Å². The van der Waals surface area contributed by atoms with Gasteiger partial charge in [0.2, 0.25) is 0 Å². The van der Waals surface area contributed by atoms with Crippen molar-refractivity contribution in [3.63, 3.8) is 0 Å². The monoisotopic (exact) mass is 405 g/mol. The number of rotatable bonds is 4. The average molecular weight is 406 g/mol. The summed E-state index contributed by atoms with van der Waals surface area (Å²) in [6.07, 6.45) is 3.47. The summed E-state index contributed by atoms with van der Waals surface area (Å²) >= 11 is 0. The fraction of sp³-hybridized carbons (Fsp3) is 0.455. The predicted octanol–water partition coefficient (Wildman–Crippen LogP) is 2.12. The Balaban J connectivity index is 1.31. The molecule has 8 heteroatoms. The predicted molar refractivity (Wildman–Crippen MR) is 117 cm³/mol. The van der Waals surface area contributed by atoms with Crippen LogP contribution in [0.3, 0.4) is 0 Å². The Labute approximate surface area is 176 Å². The summed E-state index contributed by atoms with van der Waals surface area (Å²) < 4.78 is 2.04. The van der Waals surface area contributed by atoms with Crippen LogP contribution >= 0.6 is 0 Å². The molecule has 8 nitrogen and oxygen atoms in total. The molecule has 30 heavy (non-hydrogen) atoms. The van der Waals surface area contributed by atoms with Gasteiger partial charge in [0.15, 0.2) is 17.0 Å². The highest BCUT2D eigenvalue weighted by Gasteiger charge is 2.42. The molecule has 2 aromatic heterocycles. The molecule has 2 saturated heterocycles. The lowest BCUT2D eigenvalue weighted by atomic mass is 10.0. The first kappa shape index (κ1) is 18.8. The first-order valence-electron chi connectivity index (χ1n) is 10.5. The Morgan fingerprint density at radius 3 is 2.57 bits per heavy atom. The minimum Gasteiger partial charge on any atom is -0.378 e. The molecule has 4 heterocycles. The van der Waals surface area contributed by atoms with Crippen LogP contribution in [-0.4, -0.2) is 70.6 Å². The van der Waals surface area contributed by atoms with Gasteiger partial charge < -0.3 is 19.3 Å². The quantitative estimate of drug-likeness (QED) is 0.662. The molecule has 5 rings (SSSR count). The Morgan fingerprint density at radius 1 is 1.10 bits per heavy atom. The normalized spacial score (nSPS) is 20.8. The number of amides is 1. The summed E-state index contributed by atoms with van der Waals surface area (Å²) in [6.45, 7) is 6.31. The van der Waals surface area contributed by atoms with Crippen molar-refractivity contribution < 1.29 is 4.79 Å². The number of hydrogen-bond donors (Lipinski definition) is 0. The second-order valence-corrected chi connectivity index (χ2v) is 8.48. The highest BCUT2D eigenvalue weighted by Crippen LogP contribution is 2.35. The number of aryl methyl sites for hydroxylation is 1. The largest absolute Gasteiger partial charge is 0.378 e. The van der Waals surface area contributed by atoms with E-state index in [0.717, 1.165) is 61.0 Å². The van der Waals surface area contributed by atoms with Crippen molar-refractivity contribution in [3.05, 3.63) is 42.5 Å². The SMILES string of the molecule is CCn1cnc2c(N3CC4CN(C(=O)c5cccc(N(C)C)c5)CC4C3)ncnc21. The topological polar surface area (TPSA) is 70.4 Å². The first-order chi connectivity index (χ1) is 14.5. The molecule has 1 aromatic carbocycles. The zero-order valence-electron chi connectivity index (χ0n) is 17.7. The Kier molecular flexibility index (Phi) is 4.56. The van der Waals surface area contributed by atoms with Crippen LogP contribution in [0.25, 0.3) is 11.2 Å². The number of aromatic nitrogens is 4. The molecule has 2 atom stereocenters. The van der Waals surface area contributed by atoms with Crippen molar-refractivity contribution in [1.82, 2.24) is 24.4 Å². The van der Waals surface area contributed by atoms with Crippen LogP contribution in [0.5, 0.6) is 0 Å². The van der Waals surface area contributed by atoms with Gasteiger partial charge in [-0.3, -0.25) is 4.79 Å². The molecular weight excluding hydrogens is 378 g/mol. The molecule has 0 N–H and O–H groups in total. The number of fused-ring (bicyclic) bond motifs is 2. The lowest BCUT2D eigenvalue weighted by Gasteiger charge is -2.23. The van der Waals surface area contributed by atoms with Crippen molar-refractivity contribution in [2.45, 2.75) is 13.5 Å². The van der Waals surface area contributed by atoms with Gasteiger partial charge in [-0.2, -0.15) is 0 Å². The fourth-order valence-electron chi connectivity index (χ4n) is 4.76. The lowest BCUT2D eigenvalue weighted by molar-refractivity contribution is 0.0782. The third-order valence-corrected chi connectivity index (χ3v) is 6.41. The van der Waals surface area contributed by atoms with Crippen LogP contribution in [0.1, 0.15) is 17.3 Å². The third-order valence-electron chi connectivity index (χ3n) is 6.41. The molecule has 0 aliphatic carbocycles. The van der Waals surface area contributed by atoms with Gasteiger partial charge in [-0.05, 0) is 25.1 Å². The van der Waals surface area contributed by atoms with Gasteiger partial charge in [-0.15, -0.1) is 0 Å². The second kappa shape index (κ2) is 7.27. The van der Waals surface area contributed by atoms with Crippen LogP contribution < -0.4 is 9.80 Å². The molecule has 2 aliphatic rings. The summed E-state index contributed by atoms with van der Waals surface area (Å²) in [4.78, 5) is 33.0. The number of likely N-dealkylation sites (tertiary alicyclic amines) is 1. The zero-order valence-corrected chi connectivity index (χ0v) is 17.7. The molecule has 2 fully saturated rings. The number of carbonyl (C=O) groups excluding carboxylic acids is 1. The molecule has 3 aromatic rings. The van der Waals surface area contributed by atoms with Crippen molar-refractivity contribution in [2.24, 2.45) is 11.8 Å². The minimum atomic E-state index is 0.130. The van der Waals surface area contributed by atoms with E-state index in [-0.39, 0.29) is 5.91 Å². The summed E-state index contributed by atoms with van der Waals surface area (Å²) in [7, 11) is 3.98. The van der Waals surface area contributed by atoms with Gasteiger partial charge in [0.1, 0.15) is 6.33 Å². The molecule has 0 saturated carbocycles. The Hall–Kier alpha value is -3.16. The molecule has 2 unspecified atom stereocenters. The maximum absolute atomic E-state index is 13.1. The fourth-order valence-corrected chi connectivity index (χ4v) is 4.76. The van der Waals surface area contributed by atoms with Gasteiger partial charge in [-0.25, -0.2) is 15.0 Å². The number of nitrogens with zero attached hydrogens (tertiary/aromatic N) is 7. The van der Waals surface area contributed by atoms with E-state index < -0.39 is 0 Å². The lowest BCUT2D eigenvalue weighted by Crippen LogP contribution is -2.33. The van der Waals surface area contributed by atoms with Gasteiger partial charge in [0.05, 0.1) is 6.33 Å². The van der Waals surface area contributed by atoms with E-state index in [1.807, 2.05) is 59.1 Å². The Morgan fingerprint density at radius 2 is 1.87 bits per heavy atom. The minimum absolute atomic E-state index is 0.130. The number of benzene rings is 1. The standard InChI is InChI=1S/C22H27N7O/c1-4-27-14-25-19-20(27)23-13-24-21(19)28-9-16-11-29(12-17(16)10-28)22(30)15-6-5-7-18(8-15)26(2)3/h5-8,13-14,16-17H,4,9-12H2,1-3H3. The molecule has 0 bridgehead atoms. The van der Waals surface area contributed by atoms with E-state index in [2.05, 4.69) is 26.8 Å². The maximum atomic E-state index is 13.1. The van der Waals surface area contributed by atoms with Crippen molar-refractivity contribution >= 4 is 28.6 Å². The smallest absolute Gasteiger partial charge is 0.253 e. The zero-order chi connectivity index (χ0) is 20.8. The van der Waals surface area contributed by atoms with Gasteiger partial charge in [0.25, 0.3) is 5.91 Å². The number of hydrogen-bond acceptors (Lipinski definition) is 6. The highest BCUT2D eigenvalue weighted by molar-refractivity contribution is 5.95. The highest BCUT2D eigenvalue weighted by atomic mass is 16.2. The van der Waals surface area contributed by atoms with E-state index in [4.69, 9.17) is 0 Å².